The van der Waals surface area contributed by atoms with E-state index in [9.17, 15) is 8.42 Å². The third kappa shape index (κ3) is 2.34. The van der Waals surface area contributed by atoms with E-state index >= 15 is 0 Å². The van der Waals surface area contributed by atoms with Crippen molar-refractivity contribution >= 4 is 31.8 Å². The van der Waals surface area contributed by atoms with E-state index < -0.39 is 10.0 Å². The summed E-state index contributed by atoms with van der Waals surface area (Å²) in [6.45, 7) is 1.96. The van der Waals surface area contributed by atoms with E-state index in [0.29, 0.717) is 11.4 Å². The zero-order valence-corrected chi connectivity index (χ0v) is 14.8. The van der Waals surface area contributed by atoms with Gasteiger partial charge in [0.1, 0.15) is 0 Å². The fourth-order valence-electron chi connectivity index (χ4n) is 3.45. The lowest BCUT2D eigenvalue weighted by atomic mass is 9.93. The molecule has 0 bridgehead atoms. The van der Waals surface area contributed by atoms with Gasteiger partial charge < -0.3 is 5.32 Å². The normalized spacial score (nSPS) is 15.4. The zero-order chi connectivity index (χ0) is 17.7. The Morgan fingerprint density at radius 3 is 2.69 bits per heavy atom. The van der Waals surface area contributed by atoms with E-state index in [-0.39, 0.29) is 4.90 Å². The number of hydrogen-bond donors (Lipinski definition) is 1. The average Bonchev–Trinajstić information content (AvgIpc) is 3.04. The van der Waals surface area contributed by atoms with Crippen molar-refractivity contribution in [1.29, 1.82) is 0 Å². The molecule has 1 aliphatic heterocycles. The molecule has 0 unspecified atom stereocenters. The first-order valence-electron chi connectivity index (χ1n) is 8.55. The van der Waals surface area contributed by atoms with Gasteiger partial charge in [0.2, 0.25) is 0 Å². The minimum atomic E-state index is -3.66. The Bertz CT molecular complexity index is 1240. The molecule has 26 heavy (non-hydrogen) atoms. The van der Waals surface area contributed by atoms with Crippen molar-refractivity contribution < 1.29 is 8.42 Å². The van der Waals surface area contributed by atoms with Gasteiger partial charge in [0.05, 0.1) is 15.9 Å². The smallest absolute Gasteiger partial charge is 0.268 e. The van der Waals surface area contributed by atoms with E-state index in [1.54, 1.807) is 36.7 Å². The molecule has 1 N–H and O–H groups in total. The second-order valence-corrected chi connectivity index (χ2v) is 8.46. The number of fused-ring (bicyclic) bond motifs is 2. The van der Waals surface area contributed by atoms with Crippen LogP contribution < -0.4 is 5.32 Å². The van der Waals surface area contributed by atoms with Crippen LogP contribution in [-0.2, 0) is 10.0 Å². The van der Waals surface area contributed by atoms with Crippen LogP contribution in [0.4, 0.5) is 0 Å². The van der Waals surface area contributed by atoms with Crippen molar-refractivity contribution in [3.05, 3.63) is 72.6 Å². The number of pyridine rings is 1. The number of nitrogens with zero attached hydrogens (tertiary/aromatic N) is 2. The van der Waals surface area contributed by atoms with Crippen molar-refractivity contribution in [1.82, 2.24) is 14.3 Å². The highest BCUT2D eigenvalue weighted by Gasteiger charge is 2.22. The lowest BCUT2D eigenvalue weighted by Gasteiger charge is -2.27. The van der Waals surface area contributed by atoms with Crippen LogP contribution in [0.1, 0.15) is 11.5 Å². The third-order valence-electron chi connectivity index (χ3n) is 5.06. The van der Waals surface area contributed by atoms with E-state index in [1.165, 1.54) is 9.54 Å². The monoisotopic (exact) mass is 363 g/mol. The largest absolute Gasteiger partial charge is 0.315 e. The molecule has 5 nitrogen and oxygen atoms in total. The SMILES string of the molecule is O=S(=O)(c1ccc2ncccc2c1)n1ccc2cc(C3CNC3)ccc21. The van der Waals surface area contributed by atoms with Gasteiger partial charge in [-0.1, -0.05) is 12.1 Å². The molecule has 130 valence electrons. The topological polar surface area (TPSA) is 64.0 Å². The van der Waals surface area contributed by atoms with Gasteiger partial charge in [-0.15, -0.1) is 0 Å². The molecular formula is C20H17N3O2S. The van der Waals surface area contributed by atoms with Crippen LogP contribution in [0.2, 0.25) is 0 Å². The van der Waals surface area contributed by atoms with E-state index in [0.717, 1.165) is 29.4 Å². The second-order valence-electron chi connectivity index (χ2n) is 6.65. The maximum atomic E-state index is 13.2. The highest BCUT2D eigenvalue weighted by molar-refractivity contribution is 7.90. The summed E-state index contributed by atoms with van der Waals surface area (Å²) >= 11 is 0. The summed E-state index contributed by atoms with van der Waals surface area (Å²) < 4.78 is 27.7. The Balaban J connectivity index is 1.62. The van der Waals surface area contributed by atoms with E-state index in [2.05, 4.69) is 16.4 Å². The molecule has 5 rings (SSSR count). The predicted molar refractivity (Wildman–Crippen MR) is 102 cm³/mol. The van der Waals surface area contributed by atoms with Crippen LogP contribution in [0, 0.1) is 0 Å². The van der Waals surface area contributed by atoms with Gasteiger partial charge in [-0.25, -0.2) is 12.4 Å². The molecule has 0 saturated carbocycles. The summed E-state index contributed by atoms with van der Waals surface area (Å²) in [5.41, 5.74) is 2.73. The van der Waals surface area contributed by atoms with Crippen molar-refractivity contribution in [2.45, 2.75) is 10.8 Å². The lowest BCUT2D eigenvalue weighted by Crippen LogP contribution is -2.39. The number of nitrogens with one attached hydrogen (secondary N) is 1. The third-order valence-corrected chi connectivity index (χ3v) is 6.75. The molecule has 0 spiro atoms. The zero-order valence-electron chi connectivity index (χ0n) is 14.0. The molecule has 0 radical (unpaired) electrons. The molecule has 1 fully saturated rings. The van der Waals surface area contributed by atoms with Crippen LogP contribution in [0.5, 0.6) is 0 Å². The first-order chi connectivity index (χ1) is 12.6. The molecule has 4 aromatic rings. The first-order valence-corrected chi connectivity index (χ1v) is 9.99. The molecule has 2 aromatic heterocycles. The van der Waals surface area contributed by atoms with Crippen LogP contribution in [0.15, 0.2) is 71.9 Å². The Labute approximate surface area is 151 Å². The van der Waals surface area contributed by atoms with Gasteiger partial charge in [-0.3, -0.25) is 4.98 Å². The van der Waals surface area contributed by atoms with Gasteiger partial charge in [-0.05, 0) is 48.0 Å². The molecule has 2 aromatic carbocycles. The summed E-state index contributed by atoms with van der Waals surface area (Å²) in [5, 5.41) is 5.02. The predicted octanol–water partition coefficient (Wildman–Crippen LogP) is 3.11. The minimum absolute atomic E-state index is 0.266. The summed E-state index contributed by atoms with van der Waals surface area (Å²) in [6.07, 6.45) is 3.33. The van der Waals surface area contributed by atoms with Crippen molar-refractivity contribution in [2.24, 2.45) is 0 Å². The minimum Gasteiger partial charge on any atom is -0.315 e. The Hall–Kier alpha value is -2.70. The van der Waals surface area contributed by atoms with Gasteiger partial charge in [-0.2, -0.15) is 0 Å². The fraction of sp³-hybridized carbons (Fsp3) is 0.150. The number of rotatable bonds is 3. The first kappa shape index (κ1) is 15.5. The van der Waals surface area contributed by atoms with Crippen molar-refractivity contribution in [2.75, 3.05) is 13.1 Å². The number of benzene rings is 2. The standard InChI is InChI=1S/C20H17N3O2S/c24-26(25,18-4-5-19-15(11-18)2-1-8-22-19)23-9-7-16-10-14(3-6-20(16)23)17-12-21-13-17/h1-11,17,21H,12-13H2. The molecular weight excluding hydrogens is 346 g/mol. The molecule has 0 aliphatic carbocycles. The summed E-state index contributed by atoms with van der Waals surface area (Å²) in [4.78, 5) is 4.52. The van der Waals surface area contributed by atoms with Gasteiger partial charge >= 0.3 is 0 Å². The second kappa shape index (κ2) is 5.65. The molecule has 1 saturated heterocycles. The summed E-state index contributed by atoms with van der Waals surface area (Å²) in [5.74, 6) is 0.521. The molecule has 3 heterocycles. The number of aromatic nitrogens is 2. The molecule has 1 aliphatic rings. The fourth-order valence-corrected chi connectivity index (χ4v) is 4.84. The van der Waals surface area contributed by atoms with Crippen LogP contribution >= 0.6 is 0 Å². The van der Waals surface area contributed by atoms with E-state index in [1.807, 2.05) is 24.3 Å². The van der Waals surface area contributed by atoms with Gasteiger partial charge in [0, 0.05) is 42.2 Å². The van der Waals surface area contributed by atoms with Crippen LogP contribution in [0.25, 0.3) is 21.8 Å². The molecule has 0 atom stereocenters. The van der Waals surface area contributed by atoms with Crippen molar-refractivity contribution in [3.8, 4) is 0 Å². The number of hydrogen-bond acceptors (Lipinski definition) is 4. The van der Waals surface area contributed by atoms with E-state index in [4.69, 9.17) is 0 Å². The van der Waals surface area contributed by atoms with Gasteiger partial charge in [0.15, 0.2) is 0 Å². The maximum absolute atomic E-state index is 13.2. The average molecular weight is 363 g/mol. The Morgan fingerprint density at radius 2 is 1.88 bits per heavy atom. The van der Waals surface area contributed by atoms with Crippen molar-refractivity contribution in [3.63, 3.8) is 0 Å². The maximum Gasteiger partial charge on any atom is 0.268 e. The quantitative estimate of drug-likeness (QED) is 0.607. The molecule has 6 heteroatoms. The van der Waals surface area contributed by atoms with Crippen LogP contribution in [0.3, 0.4) is 0 Å². The van der Waals surface area contributed by atoms with Crippen LogP contribution in [-0.4, -0.2) is 30.5 Å². The lowest BCUT2D eigenvalue weighted by molar-refractivity contribution is 0.449. The Kier molecular flexibility index (Phi) is 3.38. The highest BCUT2D eigenvalue weighted by atomic mass is 32.2. The summed E-state index contributed by atoms with van der Waals surface area (Å²) in [6, 6.07) is 16.6. The Morgan fingerprint density at radius 1 is 1.00 bits per heavy atom. The summed E-state index contributed by atoms with van der Waals surface area (Å²) in [7, 11) is -3.66. The molecule has 0 amide bonds. The highest BCUT2D eigenvalue weighted by Crippen LogP contribution is 2.28. The van der Waals surface area contributed by atoms with Gasteiger partial charge in [0.25, 0.3) is 10.0 Å².